The van der Waals surface area contributed by atoms with E-state index in [4.69, 9.17) is 5.73 Å². The minimum absolute atomic E-state index is 0.781. The molecule has 0 aliphatic heterocycles. The van der Waals surface area contributed by atoms with Gasteiger partial charge in [0.1, 0.15) is 5.82 Å². The number of unbranched alkanes of at least 4 members (excludes halogenated alkanes) is 2. The van der Waals surface area contributed by atoms with Crippen LogP contribution in [-0.4, -0.2) is 11.5 Å². The Morgan fingerprint density at radius 1 is 1.18 bits per heavy atom. The van der Waals surface area contributed by atoms with E-state index < -0.39 is 0 Å². The molecule has 0 spiro atoms. The summed E-state index contributed by atoms with van der Waals surface area (Å²) >= 11 is 0. The number of nitrogens with one attached hydrogen (secondary N) is 1. The molecule has 90 valence electrons. The Hall–Kier alpha value is -1.77. The van der Waals surface area contributed by atoms with Gasteiger partial charge in [-0.15, -0.1) is 0 Å². The number of fused-ring (bicyclic) bond motifs is 1. The highest BCUT2D eigenvalue weighted by atomic mass is 15.0. The number of benzene rings is 1. The maximum atomic E-state index is 5.73. The molecule has 3 heteroatoms. The second-order valence-electron chi connectivity index (χ2n) is 4.28. The number of anilines is 2. The maximum Gasteiger partial charge on any atom is 0.126 e. The molecule has 1 aromatic heterocycles. The summed E-state index contributed by atoms with van der Waals surface area (Å²) in [6.45, 7) is 3.19. The van der Waals surface area contributed by atoms with Crippen LogP contribution in [0.5, 0.6) is 0 Å². The lowest BCUT2D eigenvalue weighted by Gasteiger charge is -2.06. The Morgan fingerprint density at radius 3 is 2.88 bits per heavy atom. The summed E-state index contributed by atoms with van der Waals surface area (Å²) in [5.41, 5.74) is 7.50. The zero-order valence-electron chi connectivity index (χ0n) is 10.2. The lowest BCUT2D eigenvalue weighted by molar-refractivity contribution is 0.742. The van der Waals surface area contributed by atoms with Crippen molar-refractivity contribution in [3.8, 4) is 0 Å². The minimum Gasteiger partial charge on any atom is -0.399 e. The molecule has 0 atom stereocenters. The molecule has 0 radical (unpaired) electrons. The quantitative estimate of drug-likeness (QED) is 0.610. The fourth-order valence-electron chi connectivity index (χ4n) is 1.83. The molecule has 1 aromatic carbocycles. The summed E-state index contributed by atoms with van der Waals surface area (Å²) < 4.78 is 0. The van der Waals surface area contributed by atoms with Crippen molar-refractivity contribution >= 4 is 22.4 Å². The summed E-state index contributed by atoms with van der Waals surface area (Å²) in [6, 6.07) is 9.86. The number of rotatable bonds is 5. The largest absolute Gasteiger partial charge is 0.399 e. The van der Waals surface area contributed by atoms with Crippen molar-refractivity contribution in [3.63, 3.8) is 0 Å². The maximum absolute atomic E-state index is 5.73. The Balaban J connectivity index is 2.07. The average Bonchev–Trinajstić information content (AvgIpc) is 2.35. The van der Waals surface area contributed by atoms with Crippen LogP contribution in [0.2, 0.25) is 0 Å². The third kappa shape index (κ3) is 3.09. The molecule has 0 bridgehead atoms. The van der Waals surface area contributed by atoms with E-state index in [-0.39, 0.29) is 0 Å². The summed E-state index contributed by atoms with van der Waals surface area (Å²) in [4.78, 5) is 4.55. The summed E-state index contributed by atoms with van der Waals surface area (Å²) in [5.74, 6) is 0.943. The van der Waals surface area contributed by atoms with E-state index in [9.17, 15) is 0 Å². The summed E-state index contributed by atoms with van der Waals surface area (Å²) in [5, 5.41) is 4.43. The normalized spacial score (nSPS) is 10.6. The van der Waals surface area contributed by atoms with E-state index in [0.29, 0.717) is 0 Å². The Labute approximate surface area is 102 Å². The third-order valence-electron chi connectivity index (χ3n) is 2.80. The molecule has 0 aliphatic rings. The number of hydrogen-bond acceptors (Lipinski definition) is 3. The fraction of sp³-hybridized carbons (Fsp3) is 0.357. The first-order valence-corrected chi connectivity index (χ1v) is 6.20. The van der Waals surface area contributed by atoms with Gasteiger partial charge in [-0.25, -0.2) is 4.98 Å². The zero-order chi connectivity index (χ0) is 12.1. The molecule has 2 aromatic rings. The van der Waals surface area contributed by atoms with Gasteiger partial charge in [-0.05, 0) is 36.8 Å². The second kappa shape index (κ2) is 5.53. The molecular formula is C14H19N3. The highest BCUT2D eigenvalue weighted by Crippen LogP contribution is 2.17. The van der Waals surface area contributed by atoms with Crippen molar-refractivity contribution in [1.29, 1.82) is 0 Å². The van der Waals surface area contributed by atoms with E-state index in [0.717, 1.165) is 29.0 Å². The van der Waals surface area contributed by atoms with Gasteiger partial charge >= 0.3 is 0 Å². The van der Waals surface area contributed by atoms with Crippen molar-refractivity contribution in [3.05, 3.63) is 30.3 Å². The first-order valence-electron chi connectivity index (χ1n) is 6.20. The summed E-state index contributed by atoms with van der Waals surface area (Å²) in [6.07, 6.45) is 3.70. The van der Waals surface area contributed by atoms with Gasteiger partial charge in [0.15, 0.2) is 0 Å². The predicted molar refractivity (Wildman–Crippen MR) is 74.2 cm³/mol. The van der Waals surface area contributed by atoms with E-state index in [1.807, 2.05) is 24.3 Å². The SMILES string of the molecule is CCCCCNc1ccc2cc(N)ccc2n1. The molecule has 3 N–H and O–H groups in total. The number of pyridine rings is 1. The number of hydrogen-bond donors (Lipinski definition) is 2. The van der Waals surface area contributed by atoms with Crippen LogP contribution in [0.4, 0.5) is 11.5 Å². The molecule has 0 amide bonds. The smallest absolute Gasteiger partial charge is 0.126 e. The van der Waals surface area contributed by atoms with Crippen LogP contribution in [0.25, 0.3) is 10.9 Å². The van der Waals surface area contributed by atoms with Gasteiger partial charge in [0.25, 0.3) is 0 Å². The fourth-order valence-corrected chi connectivity index (χ4v) is 1.83. The molecule has 0 fully saturated rings. The third-order valence-corrected chi connectivity index (χ3v) is 2.80. The van der Waals surface area contributed by atoms with Gasteiger partial charge in [0.05, 0.1) is 5.52 Å². The van der Waals surface area contributed by atoms with E-state index >= 15 is 0 Å². The Morgan fingerprint density at radius 2 is 2.06 bits per heavy atom. The van der Waals surface area contributed by atoms with E-state index in [2.05, 4.69) is 23.3 Å². The molecule has 17 heavy (non-hydrogen) atoms. The molecule has 0 saturated carbocycles. The first-order chi connectivity index (χ1) is 8.29. The first kappa shape index (κ1) is 11.7. The number of nitrogens with two attached hydrogens (primary N) is 1. The van der Waals surface area contributed by atoms with Crippen molar-refractivity contribution in [2.75, 3.05) is 17.6 Å². The van der Waals surface area contributed by atoms with Crippen LogP contribution in [-0.2, 0) is 0 Å². The van der Waals surface area contributed by atoms with Crippen molar-refractivity contribution in [2.24, 2.45) is 0 Å². The van der Waals surface area contributed by atoms with Crippen LogP contribution in [0.15, 0.2) is 30.3 Å². The number of aromatic nitrogens is 1. The van der Waals surface area contributed by atoms with E-state index in [1.54, 1.807) is 0 Å². The molecule has 2 rings (SSSR count). The predicted octanol–water partition coefficient (Wildman–Crippen LogP) is 3.42. The van der Waals surface area contributed by atoms with Gasteiger partial charge in [-0.1, -0.05) is 19.8 Å². The molecule has 0 aliphatic carbocycles. The van der Waals surface area contributed by atoms with Gasteiger partial charge in [0.2, 0.25) is 0 Å². The van der Waals surface area contributed by atoms with Gasteiger partial charge in [-0.2, -0.15) is 0 Å². The van der Waals surface area contributed by atoms with Crippen molar-refractivity contribution in [1.82, 2.24) is 4.98 Å². The molecule has 0 unspecified atom stereocenters. The molecule has 3 nitrogen and oxygen atoms in total. The van der Waals surface area contributed by atoms with Crippen LogP contribution >= 0.6 is 0 Å². The second-order valence-corrected chi connectivity index (χ2v) is 4.28. The lowest BCUT2D eigenvalue weighted by Crippen LogP contribution is -2.03. The van der Waals surface area contributed by atoms with Crippen LogP contribution in [0.3, 0.4) is 0 Å². The minimum atomic E-state index is 0.781. The standard InChI is InChI=1S/C14H19N3/c1-2-3-4-9-16-14-8-5-11-10-12(15)6-7-13(11)17-14/h5-8,10H,2-4,9,15H2,1H3,(H,16,17). The Bertz CT molecular complexity index is 494. The van der Waals surface area contributed by atoms with Crippen LogP contribution in [0, 0.1) is 0 Å². The van der Waals surface area contributed by atoms with Crippen LogP contribution in [0.1, 0.15) is 26.2 Å². The molecular weight excluding hydrogens is 210 g/mol. The van der Waals surface area contributed by atoms with Gasteiger partial charge in [0, 0.05) is 17.6 Å². The number of nitrogens with zero attached hydrogens (tertiary/aromatic N) is 1. The zero-order valence-corrected chi connectivity index (χ0v) is 10.2. The van der Waals surface area contributed by atoms with Gasteiger partial charge < -0.3 is 11.1 Å². The highest BCUT2D eigenvalue weighted by molar-refractivity contribution is 5.83. The van der Waals surface area contributed by atoms with E-state index in [1.165, 1.54) is 19.3 Å². The highest BCUT2D eigenvalue weighted by Gasteiger charge is 1.98. The average molecular weight is 229 g/mol. The topological polar surface area (TPSA) is 50.9 Å². The molecule has 0 saturated heterocycles. The van der Waals surface area contributed by atoms with Crippen molar-refractivity contribution in [2.45, 2.75) is 26.2 Å². The lowest BCUT2D eigenvalue weighted by atomic mass is 10.2. The monoisotopic (exact) mass is 229 g/mol. The van der Waals surface area contributed by atoms with Crippen LogP contribution < -0.4 is 11.1 Å². The number of nitrogen functional groups attached to an aromatic ring is 1. The van der Waals surface area contributed by atoms with Gasteiger partial charge in [-0.3, -0.25) is 0 Å². The summed E-state index contributed by atoms with van der Waals surface area (Å²) in [7, 11) is 0. The molecule has 1 heterocycles. The Kier molecular flexibility index (Phi) is 3.81. The van der Waals surface area contributed by atoms with Crippen molar-refractivity contribution < 1.29 is 0 Å².